The number of thiazole rings is 1. The molecule has 0 aliphatic heterocycles. The van der Waals surface area contributed by atoms with Gasteiger partial charge in [0.05, 0.1) is 17.7 Å². The highest BCUT2D eigenvalue weighted by Gasteiger charge is 2.23. The van der Waals surface area contributed by atoms with E-state index < -0.39 is 0 Å². The molecule has 8 heteroatoms. The topological polar surface area (TPSA) is 104 Å². The van der Waals surface area contributed by atoms with Gasteiger partial charge in [-0.2, -0.15) is 0 Å². The maximum absolute atomic E-state index is 12.0. The molecule has 3 N–H and O–H groups in total. The van der Waals surface area contributed by atoms with Crippen LogP contribution in [0.4, 0.5) is 5.13 Å². The molecule has 7 nitrogen and oxygen atoms in total. The van der Waals surface area contributed by atoms with Crippen molar-refractivity contribution in [2.75, 3.05) is 5.32 Å². The average Bonchev–Trinajstić information content (AvgIpc) is 3.18. The fourth-order valence-corrected chi connectivity index (χ4v) is 2.54. The van der Waals surface area contributed by atoms with Gasteiger partial charge in [0.25, 0.3) is 5.91 Å². The van der Waals surface area contributed by atoms with Gasteiger partial charge in [0, 0.05) is 23.7 Å². The van der Waals surface area contributed by atoms with Crippen LogP contribution in [0.25, 0.3) is 0 Å². The van der Waals surface area contributed by atoms with Crippen LogP contribution < -0.4 is 16.2 Å². The SMILES string of the molecule is O=C(Cc1csc(NC(=O)c2ccc(=O)[nH]c2)n1)NC1CC1. The first kappa shape index (κ1) is 14.5. The third-order valence-electron chi connectivity index (χ3n) is 3.10. The van der Waals surface area contributed by atoms with Crippen molar-refractivity contribution >= 4 is 28.3 Å². The molecule has 2 aromatic heterocycles. The second-order valence-electron chi connectivity index (χ2n) is 5.06. The molecule has 114 valence electrons. The summed E-state index contributed by atoms with van der Waals surface area (Å²) in [7, 11) is 0. The van der Waals surface area contributed by atoms with Crippen molar-refractivity contribution in [3.05, 3.63) is 45.3 Å². The van der Waals surface area contributed by atoms with Crippen LogP contribution in [-0.4, -0.2) is 27.8 Å². The molecule has 1 aliphatic rings. The highest BCUT2D eigenvalue weighted by molar-refractivity contribution is 7.14. The summed E-state index contributed by atoms with van der Waals surface area (Å²) >= 11 is 1.26. The minimum absolute atomic E-state index is 0.0497. The predicted molar refractivity (Wildman–Crippen MR) is 82.0 cm³/mol. The molecular formula is C14H14N4O3S. The number of nitrogens with zero attached hydrogens (tertiary/aromatic N) is 1. The van der Waals surface area contributed by atoms with E-state index in [9.17, 15) is 14.4 Å². The van der Waals surface area contributed by atoms with Crippen molar-refractivity contribution in [2.45, 2.75) is 25.3 Å². The number of anilines is 1. The Labute approximate surface area is 129 Å². The van der Waals surface area contributed by atoms with Gasteiger partial charge < -0.3 is 10.3 Å². The number of H-pyrrole nitrogens is 1. The number of amides is 2. The average molecular weight is 318 g/mol. The number of aromatic amines is 1. The monoisotopic (exact) mass is 318 g/mol. The lowest BCUT2D eigenvalue weighted by Crippen LogP contribution is -2.27. The van der Waals surface area contributed by atoms with E-state index in [1.54, 1.807) is 5.38 Å². The largest absolute Gasteiger partial charge is 0.353 e. The van der Waals surface area contributed by atoms with Crippen molar-refractivity contribution in [3.63, 3.8) is 0 Å². The normalized spacial score (nSPS) is 13.6. The van der Waals surface area contributed by atoms with E-state index >= 15 is 0 Å². The zero-order chi connectivity index (χ0) is 15.5. The van der Waals surface area contributed by atoms with Crippen molar-refractivity contribution in [2.24, 2.45) is 0 Å². The summed E-state index contributed by atoms with van der Waals surface area (Å²) < 4.78 is 0. The number of rotatable bonds is 5. The minimum Gasteiger partial charge on any atom is -0.353 e. The van der Waals surface area contributed by atoms with Crippen LogP contribution in [0.1, 0.15) is 28.9 Å². The molecule has 2 heterocycles. The van der Waals surface area contributed by atoms with Gasteiger partial charge >= 0.3 is 0 Å². The Hall–Kier alpha value is -2.48. The number of hydrogen-bond acceptors (Lipinski definition) is 5. The molecule has 3 rings (SSSR count). The van der Waals surface area contributed by atoms with Gasteiger partial charge in [-0.3, -0.25) is 19.7 Å². The van der Waals surface area contributed by atoms with Gasteiger partial charge in [0.2, 0.25) is 11.5 Å². The summed E-state index contributed by atoms with van der Waals surface area (Å²) in [6.45, 7) is 0. The van der Waals surface area contributed by atoms with E-state index in [1.807, 2.05) is 0 Å². The zero-order valence-electron chi connectivity index (χ0n) is 11.6. The van der Waals surface area contributed by atoms with E-state index in [4.69, 9.17) is 0 Å². The lowest BCUT2D eigenvalue weighted by Gasteiger charge is -2.01. The maximum atomic E-state index is 12.0. The van der Waals surface area contributed by atoms with Crippen LogP contribution in [0.15, 0.2) is 28.5 Å². The van der Waals surface area contributed by atoms with Crippen molar-refractivity contribution in [1.82, 2.24) is 15.3 Å². The highest BCUT2D eigenvalue weighted by Crippen LogP contribution is 2.20. The first-order chi connectivity index (χ1) is 10.6. The first-order valence-corrected chi connectivity index (χ1v) is 7.72. The fraction of sp³-hybridized carbons (Fsp3) is 0.286. The van der Waals surface area contributed by atoms with Gasteiger partial charge in [0.1, 0.15) is 0 Å². The third kappa shape index (κ3) is 3.79. The van der Waals surface area contributed by atoms with Gasteiger partial charge in [-0.1, -0.05) is 0 Å². The summed E-state index contributed by atoms with van der Waals surface area (Å²) in [5, 5.41) is 7.69. The maximum Gasteiger partial charge on any atom is 0.258 e. The molecule has 1 aliphatic carbocycles. The molecule has 1 saturated carbocycles. The second-order valence-corrected chi connectivity index (χ2v) is 5.92. The summed E-state index contributed by atoms with van der Waals surface area (Å²) in [6.07, 6.45) is 3.64. The van der Waals surface area contributed by atoms with E-state index in [0.717, 1.165) is 12.8 Å². The van der Waals surface area contributed by atoms with Gasteiger partial charge in [0.15, 0.2) is 5.13 Å². The standard InChI is InChI=1S/C14H14N4O3S/c19-11-4-1-8(6-15-11)13(21)18-14-17-10(7-22-14)5-12(20)16-9-2-3-9/h1,4,6-7,9H,2-3,5H2,(H,15,19)(H,16,20)(H,17,18,21). The van der Waals surface area contributed by atoms with Crippen LogP contribution >= 0.6 is 11.3 Å². The Morgan fingerprint density at radius 1 is 1.36 bits per heavy atom. The first-order valence-electron chi connectivity index (χ1n) is 6.84. The van der Waals surface area contributed by atoms with Gasteiger partial charge in [-0.25, -0.2) is 4.98 Å². The summed E-state index contributed by atoms with van der Waals surface area (Å²) in [5.74, 6) is -0.411. The number of carbonyl (C=O) groups is 2. The summed E-state index contributed by atoms with van der Waals surface area (Å²) in [4.78, 5) is 41.2. The van der Waals surface area contributed by atoms with Crippen LogP contribution in [0.3, 0.4) is 0 Å². The van der Waals surface area contributed by atoms with Crippen LogP contribution in [0.5, 0.6) is 0 Å². The lowest BCUT2D eigenvalue weighted by molar-refractivity contribution is -0.120. The molecule has 0 unspecified atom stereocenters. The van der Waals surface area contributed by atoms with E-state index in [1.165, 1.54) is 29.7 Å². The van der Waals surface area contributed by atoms with Crippen molar-refractivity contribution in [1.29, 1.82) is 0 Å². The Balaban J connectivity index is 1.58. The molecular weight excluding hydrogens is 304 g/mol. The van der Waals surface area contributed by atoms with Crippen molar-refractivity contribution in [3.8, 4) is 0 Å². The molecule has 2 amide bonds. The van der Waals surface area contributed by atoms with Crippen LogP contribution in [0, 0.1) is 0 Å². The molecule has 0 radical (unpaired) electrons. The third-order valence-corrected chi connectivity index (χ3v) is 3.91. The molecule has 2 aromatic rings. The number of nitrogens with one attached hydrogen (secondary N) is 3. The molecule has 0 aromatic carbocycles. The molecule has 0 spiro atoms. The second kappa shape index (κ2) is 6.10. The van der Waals surface area contributed by atoms with Crippen LogP contribution in [-0.2, 0) is 11.2 Å². The number of carbonyl (C=O) groups excluding carboxylic acids is 2. The number of hydrogen-bond donors (Lipinski definition) is 3. The van der Waals surface area contributed by atoms with E-state index in [0.29, 0.717) is 22.4 Å². The van der Waals surface area contributed by atoms with Crippen molar-refractivity contribution < 1.29 is 9.59 Å². The Morgan fingerprint density at radius 3 is 2.86 bits per heavy atom. The summed E-state index contributed by atoms with van der Waals surface area (Å²) in [6, 6.07) is 3.04. The van der Waals surface area contributed by atoms with E-state index in [-0.39, 0.29) is 23.8 Å². The summed E-state index contributed by atoms with van der Waals surface area (Å²) in [5.41, 5.74) is 0.692. The number of pyridine rings is 1. The highest BCUT2D eigenvalue weighted by atomic mass is 32.1. The fourth-order valence-electron chi connectivity index (χ4n) is 1.84. The van der Waals surface area contributed by atoms with E-state index in [2.05, 4.69) is 20.6 Å². The molecule has 0 bridgehead atoms. The quantitative estimate of drug-likeness (QED) is 0.762. The minimum atomic E-state index is -0.361. The molecule has 0 saturated heterocycles. The van der Waals surface area contributed by atoms with Crippen LogP contribution in [0.2, 0.25) is 0 Å². The lowest BCUT2D eigenvalue weighted by atomic mass is 10.3. The zero-order valence-corrected chi connectivity index (χ0v) is 12.4. The van der Waals surface area contributed by atoms with Gasteiger partial charge in [-0.05, 0) is 18.9 Å². The van der Waals surface area contributed by atoms with Gasteiger partial charge in [-0.15, -0.1) is 11.3 Å². The Kier molecular flexibility index (Phi) is 4.01. The predicted octanol–water partition coefficient (Wildman–Crippen LogP) is 0.905. The molecule has 0 atom stereocenters. The molecule has 1 fully saturated rings. The number of aromatic nitrogens is 2. The Morgan fingerprint density at radius 2 is 2.18 bits per heavy atom. The molecule has 22 heavy (non-hydrogen) atoms. The Bertz CT molecular complexity index is 743. The smallest absolute Gasteiger partial charge is 0.258 e.